The SMILES string of the molecule is COc1nc(N)c(C#N)c(-c2ccc([N+](=O)[O-])cc2)c1C#N. The molecule has 0 amide bonds. The van der Waals surface area contributed by atoms with Crippen molar-refractivity contribution in [3.05, 3.63) is 45.5 Å². The molecule has 0 bridgehead atoms. The van der Waals surface area contributed by atoms with Gasteiger partial charge in [-0.15, -0.1) is 0 Å². The van der Waals surface area contributed by atoms with E-state index in [0.717, 1.165) is 0 Å². The summed E-state index contributed by atoms with van der Waals surface area (Å²) in [6.07, 6.45) is 0. The van der Waals surface area contributed by atoms with Crippen molar-refractivity contribution in [3.63, 3.8) is 0 Å². The van der Waals surface area contributed by atoms with Gasteiger partial charge in [-0.1, -0.05) is 0 Å². The van der Waals surface area contributed by atoms with Crippen LogP contribution in [0.25, 0.3) is 11.1 Å². The number of nitrogen functional groups attached to an aromatic ring is 1. The summed E-state index contributed by atoms with van der Waals surface area (Å²) in [4.78, 5) is 14.0. The number of non-ortho nitro benzene ring substituents is 1. The second-order valence-corrected chi connectivity index (χ2v) is 4.16. The van der Waals surface area contributed by atoms with Gasteiger partial charge in [0.1, 0.15) is 29.1 Å². The van der Waals surface area contributed by atoms with Gasteiger partial charge < -0.3 is 10.5 Å². The third kappa shape index (κ3) is 2.37. The monoisotopic (exact) mass is 295 g/mol. The minimum Gasteiger partial charge on any atom is -0.480 e. The first-order chi connectivity index (χ1) is 10.5. The lowest BCUT2D eigenvalue weighted by Gasteiger charge is -2.11. The Morgan fingerprint density at radius 1 is 1.23 bits per heavy atom. The molecule has 0 radical (unpaired) electrons. The molecule has 0 fully saturated rings. The van der Waals surface area contributed by atoms with Crippen molar-refractivity contribution in [2.45, 2.75) is 0 Å². The van der Waals surface area contributed by atoms with Gasteiger partial charge in [-0.05, 0) is 17.7 Å². The van der Waals surface area contributed by atoms with E-state index >= 15 is 0 Å². The minimum absolute atomic E-state index is 0.00708. The van der Waals surface area contributed by atoms with Crippen LogP contribution in [0, 0.1) is 32.8 Å². The highest BCUT2D eigenvalue weighted by Gasteiger charge is 2.21. The number of nitrogens with two attached hydrogens (primary N) is 1. The van der Waals surface area contributed by atoms with Crippen LogP contribution in [0.3, 0.4) is 0 Å². The number of nitriles is 2. The molecule has 1 aromatic heterocycles. The Hall–Kier alpha value is -3.65. The molecule has 8 heteroatoms. The van der Waals surface area contributed by atoms with Gasteiger partial charge in [-0.25, -0.2) is 0 Å². The molecule has 0 spiro atoms. The zero-order valence-electron chi connectivity index (χ0n) is 11.4. The van der Waals surface area contributed by atoms with Crippen LogP contribution in [0.5, 0.6) is 5.88 Å². The first kappa shape index (κ1) is 14.8. The predicted octanol–water partition coefficient (Wildman–Crippen LogP) is 1.99. The van der Waals surface area contributed by atoms with Crippen LogP contribution in [-0.2, 0) is 0 Å². The lowest BCUT2D eigenvalue weighted by molar-refractivity contribution is -0.384. The van der Waals surface area contributed by atoms with Gasteiger partial charge in [0.2, 0.25) is 5.88 Å². The molecule has 0 unspecified atom stereocenters. The highest BCUT2D eigenvalue weighted by Crippen LogP contribution is 2.35. The van der Waals surface area contributed by atoms with Gasteiger partial charge in [-0.3, -0.25) is 10.1 Å². The Kier molecular flexibility index (Phi) is 3.87. The first-order valence-electron chi connectivity index (χ1n) is 5.96. The van der Waals surface area contributed by atoms with Crippen molar-refractivity contribution >= 4 is 11.5 Å². The molecule has 1 aromatic carbocycles. The molecule has 108 valence electrons. The summed E-state index contributed by atoms with van der Waals surface area (Å²) in [5, 5.41) is 29.3. The minimum atomic E-state index is -0.540. The lowest BCUT2D eigenvalue weighted by Crippen LogP contribution is -2.04. The van der Waals surface area contributed by atoms with E-state index in [1.165, 1.54) is 31.4 Å². The van der Waals surface area contributed by atoms with Crippen LogP contribution in [0.2, 0.25) is 0 Å². The number of nitro benzene ring substituents is 1. The number of methoxy groups -OCH3 is 1. The van der Waals surface area contributed by atoms with Crippen molar-refractivity contribution in [2.75, 3.05) is 12.8 Å². The van der Waals surface area contributed by atoms with E-state index in [1.807, 2.05) is 12.1 Å². The second kappa shape index (κ2) is 5.77. The third-order valence-corrected chi connectivity index (χ3v) is 2.98. The number of rotatable bonds is 3. The Bertz CT molecular complexity index is 832. The zero-order valence-corrected chi connectivity index (χ0v) is 11.4. The number of nitrogens with zero attached hydrogens (tertiary/aromatic N) is 4. The maximum Gasteiger partial charge on any atom is 0.269 e. The van der Waals surface area contributed by atoms with E-state index in [-0.39, 0.29) is 34.1 Å². The summed E-state index contributed by atoms with van der Waals surface area (Å²) in [6.45, 7) is 0. The number of anilines is 1. The average molecular weight is 295 g/mol. The van der Waals surface area contributed by atoms with E-state index in [4.69, 9.17) is 10.5 Å². The van der Waals surface area contributed by atoms with Crippen molar-refractivity contribution in [1.29, 1.82) is 10.5 Å². The van der Waals surface area contributed by atoms with Crippen LogP contribution in [0.4, 0.5) is 11.5 Å². The van der Waals surface area contributed by atoms with Gasteiger partial charge >= 0.3 is 0 Å². The summed E-state index contributed by atoms with van der Waals surface area (Å²) >= 11 is 0. The Balaban J connectivity index is 2.78. The summed E-state index contributed by atoms with van der Waals surface area (Å²) in [7, 11) is 1.33. The normalized spacial score (nSPS) is 9.59. The summed E-state index contributed by atoms with van der Waals surface area (Å²) in [6, 6.07) is 9.26. The van der Waals surface area contributed by atoms with Gasteiger partial charge in [0.25, 0.3) is 5.69 Å². The Labute approximate surface area is 125 Å². The van der Waals surface area contributed by atoms with E-state index in [0.29, 0.717) is 5.56 Å². The number of benzene rings is 1. The van der Waals surface area contributed by atoms with Gasteiger partial charge in [0.15, 0.2) is 0 Å². The van der Waals surface area contributed by atoms with Crippen LogP contribution in [0.15, 0.2) is 24.3 Å². The highest BCUT2D eigenvalue weighted by molar-refractivity contribution is 5.82. The maximum atomic E-state index is 10.7. The number of hydrogen-bond donors (Lipinski definition) is 1. The molecule has 0 aliphatic carbocycles. The van der Waals surface area contributed by atoms with Crippen LogP contribution in [-0.4, -0.2) is 17.0 Å². The van der Waals surface area contributed by atoms with Crippen molar-refractivity contribution < 1.29 is 9.66 Å². The Morgan fingerprint density at radius 3 is 2.27 bits per heavy atom. The van der Waals surface area contributed by atoms with Gasteiger partial charge in [0, 0.05) is 17.7 Å². The summed E-state index contributed by atoms with van der Waals surface area (Å²) in [5.74, 6) is -0.0842. The molecule has 1 heterocycles. The fourth-order valence-corrected chi connectivity index (χ4v) is 1.98. The topological polar surface area (TPSA) is 139 Å². The molecule has 2 N–H and O–H groups in total. The smallest absolute Gasteiger partial charge is 0.269 e. The number of ether oxygens (including phenoxy) is 1. The number of aromatic nitrogens is 1. The largest absolute Gasteiger partial charge is 0.480 e. The van der Waals surface area contributed by atoms with E-state index < -0.39 is 4.92 Å². The average Bonchev–Trinajstić information content (AvgIpc) is 2.53. The van der Waals surface area contributed by atoms with Crippen LogP contribution >= 0.6 is 0 Å². The lowest BCUT2D eigenvalue weighted by atomic mass is 9.96. The van der Waals surface area contributed by atoms with Crippen LogP contribution in [0.1, 0.15) is 11.1 Å². The molecule has 0 saturated heterocycles. The number of pyridine rings is 1. The molecular weight excluding hydrogens is 286 g/mol. The molecule has 0 atom stereocenters. The molecule has 0 aliphatic rings. The first-order valence-corrected chi connectivity index (χ1v) is 5.96. The van der Waals surface area contributed by atoms with Gasteiger partial charge in [-0.2, -0.15) is 15.5 Å². The van der Waals surface area contributed by atoms with Crippen molar-refractivity contribution in [2.24, 2.45) is 0 Å². The van der Waals surface area contributed by atoms with E-state index in [9.17, 15) is 20.6 Å². The summed E-state index contributed by atoms with van der Waals surface area (Å²) in [5.41, 5.74) is 6.35. The number of nitro groups is 1. The molecule has 0 saturated carbocycles. The maximum absolute atomic E-state index is 10.7. The molecular formula is C14H9N5O3. The fraction of sp³-hybridized carbons (Fsp3) is 0.0714. The summed E-state index contributed by atoms with van der Waals surface area (Å²) < 4.78 is 5.01. The quantitative estimate of drug-likeness (QED) is 0.674. The molecule has 8 nitrogen and oxygen atoms in total. The molecule has 0 aliphatic heterocycles. The van der Waals surface area contributed by atoms with E-state index in [1.54, 1.807) is 0 Å². The fourth-order valence-electron chi connectivity index (χ4n) is 1.98. The van der Waals surface area contributed by atoms with Crippen LogP contribution < -0.4 is 10.5 Å². The van der Waals surface area contributed by atoms with Crippen molar-refractivity contribution in [3.8, 4) is 29.1 Å². The standard InChI is InChI=1S/C14H9N5O3/c1-22-14-11(7-16)12(10(6-15)13(17)18-14)8-2-4-9(5-3-8)19(20)21/h2-5H,1H3,(H2,17,18). The third-order valence-electron chi connectivity index (χ3n) is 2.98. The van der Waals surface area contributed by atoms with E-state index in [2.05, 4.69) is 4.98 Å². The second-order valence-electron chi connectivity index (χ2n) is 4.16. The zero-order chi connectivity index (χ0) is 16.3. The Morgan fingerprint density at radius 2 is 1.82 bits per heavy atom. The highest BCUT2D eigenvalue weighted by atomic mass is 16.6. The number of hydrogen-bond acceptors (Lipinski definition) is 7. The molecule has 22 heavy (non-hydrogen) atoms. The molecule has 2 rings (SSSR count). The van der Waals surface area contributed by atoms with Gasteiger partial charge in [0.05, 0.1) is 12.0 Å². The molecule has 2 aromatic rings. The van der Waals surface area contributed by atoms with Crippen molar-refractivity contribution in [1.82, 2.24) is 4.98 Å². The predicted molar refractivity (Wildman–Crippen MR) is 76.7 cm³/mol.